The Labute approximate surface area is 306 Å². The van der Waals surface area contributed by atoms with E-state index in [9.17, 15) is 18.9 Å². The van der Waals surface area contributed by atoms with Crippen molar-refractivity contribution < 1.29 is 27.8 Å². The molecule has 6 nitrogen and oxygen atoms in total. The number of hydrogen-bond donors (Lipinski definition) is 1. The summed E-state index contributed by atoms with van der Waals surface area (Å²) in [7, 11) is -5.71. The van der Waals surface area contributed by atoms with Gasteiger partial charge in [0.1, 0.15) is 5.82 Å². The zero-order valence-corrected chi connectivity index (χ0v) is 31.8. The van der Waals surface area contributed by atoms with Crippen molar-refractivity contribution in [3.05, 3.63) is 138 Å². The van der Waals surface area contributed by atoms with Gasteiger partial charge in [-0.1, -0.05) is 130 Å². The van der Waals surface area contributed by atoms with Crippen LogP contribution in [0.25, 0.3) is 22.4 Å². The van der Waals surface area contributed by atoms with Crippen molar-refractivity contribution in [1.82, 2.24) is 4.98 Å². The lowest BCUT2D eigenvalue weighted by molar-refractivity contribution is -0.138. The van der Waals surface area contributed by atoms with Gasteiger partial charge in [0.15, 0.2) is 0 Å². The molecular weight excluding hydrogens is 689 g/mol. The molecule has 1 saturated carbocycles. The molecule has 6 rings (SSSR count). The van der Waals surface area contributed by atoms with E-state index >= 15 is 0 Å². The average molecular weight is 732 g/mol. The molecule has 1 fully saturated rings. The van der Waals surface area contributed by atoms with Gasteiger partial charge >= 0.3 is 5.97 Å². The standard InChI is InChI=1S/C43H43FNO5PSi/c1-43(2,3)52(36-16-10-6-11-17-36,37-18-12-7-13-19-37)50-35(28-41(46)47)30-51(48,49-4)27-26-38-39(31-22-24-34(44)25-23-31)29-40(32-14-8-5-9-15-32)45-42(38)33-20-21-33/h5-19,22-25,29,33,35H,20-21,28,30H2,1-4H3,(H,46,47)/t35-,51?/m0/s1. The fourth-order valence-corrected chi connectivity index (χ4v) is 13.0. The number of benzene rings is 4. The molecule has 0 aliphatic heterocycles. The smallest absolute Gasteiger partial charge is 0.305 e. The summed E-state index contributed by atoms with van der Waals surface area (Å²) in [6, 6.07) is 37.8. The summed E-state index contributed by atoms with van der Waals surface area (Å²) in [5.74, 6) is 1.96. The van der Waals surface area contributed by atoms with Gasteiger partial charge < -0.3 is 14.1 Å². The van der Waals surface area contributed by atoms with E-state index in [0.29, 0.717) is 5.56 Å². The highest BCUT2D eigenvalue weighted by Crippen LogP contribution is 2.49. The molecule has 52 heavy (non-hydrogen) atoms. The summed E-state index contributed by atoms with van der Waals surface area (Å²) < 4.78 is 41.7. The second-order valence-electron chi connectivity index (χ2n) is 14.2. The molecular formula is C43H43FNO5PSi. The van der Waals surface area contributed by atoms with Crippen LogP contribution in [0.5, 0.6) is 0 Å². The highest BCUT2D eigenvalue weighted by atomic mass is 31.2. The first kappa shape index (κ1) is 37.1. The van der Waals surface area contributed by atoms with Gasteiger partial charge in [-0.25, -0.2) is 4.39 Å². The van der Waals surface area contributed by atoms with Crippen molar-refractivity contribution in [2.24, 2.45) is 0 Å². The Kier molecular flexibility index (Phi) is 11.1. The molecule has 1 unspecified atom stereocenters. The zero-order chi connectivity index (χ0) is 36.9. The Morgan fingerprint density at radius 1 is 0.904 bits per heavy atom. The molecule has 0 amide bonds. The lowest BCUT2D eigenvalue weighted by Crippen LogP contribution is -2.68. The van der Waals surface area contributed by atoms with Crippen LogP contribution in [0.15, 0.2) is 121 Å². The highest BCUT2D eigenvalue weighted by molar-refractivity contribution is 7.64. The van der Waals surface area contributed by atoms with E-state index in [1.807, 2.05) is 97.1 Å². The first-order valence-electron chi connectivity index (χ1n) is 17.5. The summed E-state index contributed by atoms with van der Waals surface area (Å²) in [5.41, 5.74) is 7.58. The van der Waals surface area contributed by atoms with E-state index in [2.05, 4.69) is 32.4 Å². The summed E-state index contributed by atoms with van der Waals surface area (Å²) in [6.07, 6.45) is 0.283. The third-order valence-corrected chi connectivity index (χ3v) is 16.5. The molecule has 1 N–H and O–H groups in total. The second-order valence-corrected chi connectivity index (χ2v) is 20.8. The number of hydrogen-bond acceptors (Lipinski definition) is 5. The van der Waals surface area contributed by atoms with Crippen LogP contribution in [0.3, 0.4) is 0 Å². The number of carboxylic acid groups (broad SMARTS) is 1. The number of aromatic nitrogens is 1. The summed E-state index contributed by atoms with van der Waals surface area (Å²) in [5, 5.41) is 11.7. The number of pyridine rings is 1. The molecule has 9 heteroatoms. The quantitative estimate of drug-likeness (QED) is 0.0783. The van der Waals surface area contributed by atoms with E-state index in [1.165, 1.54) is 19.2 Å². The predicted molar refractivity (Wildman–Crippen MR) is 208 cm³/mol. The van der Waals surface area contributed by atoms with Crippen LogP contribution in [0, 0.1) is 17.4 Å². The number of nitrogens with zero attached hydrogens (tertiary/aromatic N) is 1. The van der Waals surface area contributed by atoms with Crippen molar-refractivity contribution in [3.63, 3.8) is 0 Å². The summed E-state index contributed by atoms with van der Waals surface area (Å²) >= 11 is 0. The lowest BCUT2D eigenvalue weighted by Gasteiger charge is -2.45. The Morgan fingerprint density at radius 3 is 1.96 bits per heavy atom. The first-order valence-corrected chi connectivity index (χ1v) is 21.2. The largest absolute Gasteiger partial charge is 0.481 e. The molecule has 0 bridgehead atoms. The van der Waals surface area contributed by atoms with Crippen LogP contribution in [0.4, 0.5) is 4.39 Å². The van der Waals surface area contributed by atoms with Crippen molar-refractivity contribution in [2.45, 2.75) is 57.1 Å². The van der Waals surface area contributed by atoms with Crippen molar-refractivity contribution in [3.8, 4) is 34.0 Å². The molecule has 1 aliphatic rings. The number of rotatable bonds is 12. The van der Waals surface area contributed by atoms with Gasteiger partial charge in [-0.15, -0.1) is 0 Å². The Morgan fingerprint density at radius 2 is 1.46 bits per heavy atom. The summed E-state index contributed by atoms with van der Waals surface area (Å²) in [4.78, 5) is 17.5. The van der Waals surface area contributed by atoms with Crippen LogP contribution in [0.1, 0.15) is 57.2 Å². The fraction of sp³-hybridized carbons (Fsp3) is 0.256. The predicted octanol–water partition coefficient (Wildman–Crippen LogP) is 9.09. The van der Waals surface area contributed by atoms with Gasteiger partial charge in [-0.3, -0.25) is 14.3 Å². The molecule has 1 heterocycles. The van der Waals surface area contributed by atoms with E-state index in [1.54, 1.807) is 12.1 Å². The molecule has 1 aliphatic carbocycles. The molecule has 266 valence electrons. The molecule has 1 aromatic heterocycles. The summed E-state index contributed by atoms with van der Waals surface area (Å²) in [6.45, 7) is 6.32. The molecule has 2 atom stereocenters. The maximum absolute atomic E-state index is 14.7. The topological polar surface area (TPSA) is 85.7 Å². The lowest BCUT2D eigenvalue weighted by atomic mass is 9.95. The van der Waals surface area contributed by atoms with Crippen LogP contribution in [-0.2, 0) is 18.3 Å². The van der Waals surface area contributed by atoms with Gasteiger partial charge in [0.25, 0.3) is 15.7 Å². The van der Waals surface area contributed by atoms with Gasteiger partial charge in [0.2, 0.25) is 0 Å². The van der Waals surface area contributed by atoms with E-state index in [4.69, 9.17) is 13.9 Å². The molecule has 0 saturated heterocycles. The Bertz CT molecular complexity index is 2080. The van der Waals surface area contributed by atoms with Crippen molar-refractivity contribution >= 4 is 32.0 Å². The zero-order valence-electron chi connectivity index (χ0n) is 29.9. The number of halogens is 1. The molecule has 0 spiro atoms. The Balaban J connectivity index is 1.46. The minimum Gasteiger partial charge on any atom is -0.481 e. The number of aliphatic carboxylic acids is 1. The van der Waals surface area contributed by atoms with Gasteiger partial charge in [-0.05, 0) is 57.7 Å². The minimum absolute atomic E-state index is 0.173. The normalized spacial score (nSPS) is 14.9. The monoisotopic (exact) mass is 731 g/mol. The maximum Gasteiger partial charge on any atom is 0.305 e. The third-order valence-electron chi connectivity index (χ3n) is 9.49. The van der Waals surface area contributed by atoms with Crippen LogP contribution < -0.4 is 10.4 Å². The van der Waals surface area contributed by atoms with Crippen LogP contribution >= 0.6 is 7.37 Å². The highest BCUT2D eigenvalue weighted by Gasteiger charge is 2.52. The molecule has 0 radical (unpaired) electrons. The Hall–Kier alpha value is -4.64. The second kappa shape index (κ2) is 15.5. The van der Waals surface area contributed by atoms with E-state index in [-0.39, 0.29) is 24.3 Å². The van der Waals surface area contributed by atoms with Gasteiger partial charge in [-0.2, -0.15) is 0 Å². The number of carboxylic acids is 1. The molecule has 5 aromatic rings. The minimum atomic E-state index is -3.83. The molecule has 4 aromatic carbocycles. The van der Waals surface area contributed by atoms with E-state index < -0.39 is 32.8 Å². The number of carbonyl (C=O) groups is 1. The van der Waals surface area contributed by atoms with E-state index in [0.717, 1.165) is 51.3 Å². The first-order chi connectivity index (χ1) is 24.9. The van der Waals surface area contributed by atoms with Gasteiger partial charge in [0.05, 0.1) is 35.6 Å². The van der Waals surface area contributed by atoms with Crippen molar-refractivity contribution in [1.29, 1.82) is 0 Å². The van der Waals surface area contributed by atoms with Crippen molar-refractivity contribution in [2.75, 3.05) is 13.3 Å². The average Bonchev–Trinajstić information content (AvgIpc) is 3.99. The van der Waals surface area contributed by atoms with Crippen LogP contribution in [0.2, 0.25) is 5.04 Å². The maximum atomic E-state index is 14.7. The fourth-order valence-electron chi connectivity index (χ4n) is 6.82. The van der Waals surface area contributed by atoms with Crippen LogP contribution in [-0.4, -0.2) is 43.8 Å². The van der Waals surface area contributed by atoms with Gasteiger partial charge in [0, 0.05) is 24.2 Å². The SMILES string of the molecule is COP(=O)(C#Cc1c(-c2ccc(F)cc2)cc(-c2ccccc2)nc1C1CC1)C[C@H](CC(=O)O)O[Si](c1ccccc1)(c1ccccc1)C(C)(C)C. The third kappa shape index (κ3) is 8.19.